The summed E-state index contributed by atoms with van der Waals surface area (Å²) >= 11 is 6.29. The highest BCUT2D eigenvalue weighted by Gasteiger charge is 2.37. The van der Waals surface area contributed by atoms with Crippen molar-refractivity contribution in [3.8, 4) is 5.75 Å². The molecule has 5 nitrogen and oxygen atoms in total. The average molecular weight is 496 g/mol. The molecule has 1 aromatic rings. The Bertz CT molecular complexity index is 578. The van der Waals surface area contributed by atoms with Crippen LogP contribution in [0.4, 0.5) is 0 Å². The molecule has 0 amide bonds. The molecule has 0 aliphatic carbocycles. The lowest BCUT2D eigenvalue weighted by atomic mass is 9.73. The van der Waals surface area contributed by atoms with Crippen LogP contribution in [0.1, 0.15) is 38.2 Å². The first-order valence-corrected chi connectivity index (χ1v) is 9.39. The van der Waals surface area contributed by atoms with Gasteiger partial charge in [-0.1, -0.05) is 24.9 Å². The second kappa shape index (κ2) is 11.9. The normalized spacial score (nSPS) is 16.5. The fourth-order valence-electron chi connectivity index (χ4n) is 3.26. The summed E-state index contributed by atoms with van der Waals surface area (Å²) in [7, 11) is 3.51. The van der Waals surface area contributed by atoms with Gasteiger partial charge in [0.05, 0.1) is 7.11 Å². The minimum atomic E-state index is -0.0864. The summed E-state index contributed by atoms with van der Waals surface area (Å²) in [6.07, 6.45) is 4.12. The number of rotatable bonds is 7. The van der Waals surface area contributed by atoms with Crippen molar-refractivity contribution in [1.29, 1.82) is 0 Å². The molecular formula is C19H31ClIN3O2. The number of unbranched alkanes of at least 4 members (excludes halogenated alkanes) is 1. The molecule has 148 valence electrons. The molecular weight excluding hydrogens is 465 g/mol. The Morgan fingerprint density at radius 3 is 2.65 bits per heavy atom. The van der Waals surface area contributed by atoms with E-state index in [0.29, 0.717) is 0 Å². The topological polar surface area (TPSA) is 54.9 Å². The van der Waals surface area contributed by atoms with E-state index in [1.165, 1.54) is 0 Å². The van der Waals surface area contributed by atoms with Gasteiger partial charge in [-0.15, -0.1) is 24.0 Å². The van der Waals surface area contributed by atoms with Crippen LogP contribution in [0.3, 0.4) is 0 Å². The number of hydrogen-bond donors (Lipinski definition) is 2. The molecule has 7 heteroatoms. The third-order valence-electron chi connectivity index (χ3n) is 4.82. The summed E-state index contributed by atoms with van der Waals surface area (Å²) in [5, 5.41) is 7.59. The van der Waals surface area contributed by atoms with Gasteiger partial charge in [-0.2, -0.15) is 0 Å². The number of ether oxygens (including phenoxy) is 2. The van der Waals surface area contributed by atoms with Crippen LogP contribution < -0.4 is 15.4 Å². The van der Waals surface area contributed by atoms with Gasteiger partial charge >= 0.3 is 0 Å². The van der Waals surface area contributed by atoms with Crippen molar-refractivity contribution in [1.82, 2.24) is 10.6 Å². The maximum absolute atomic E-state index is 6.29. The van der Waals surface area contributed by atoms with Gasteiger partial charge in [0.15, 0.2) is 5.96 Å². The Hall–Kier alpha value is -0.730. The molecule has 1 fully saturated rings. The van der Waals surface area contributed by atoms with E-state index in [9.17, 15) is 0 Å². The first-order valence-electron chi connectivity index (χ1n) is 9.01. The maximum atomic E-state index is 6.29. The molecule has 1 aromatic carbocycles. The zero-order valence-corrected chi connectivity index (χ0v) is 19.0. The summed E-state index contributed by atoms with van der Waals surface area (Å²) in [6, 6.07) is 5.85. The van der Waals surface area contributed by atoms with E-state index < -0.39 is 0 Å². The summed E-state index contributed by atoms with van der Waals surface area (Å²) in [4.78, 5) is 4.34. The smallest absolute Gasteiger partial charge is 0.191 e. The van der Waals surface area contributed by atoms with E-state index >= 15 is 0 Å². The van der Waals surface area contributed by atoms with Crippen molar-refractivity contribution >= 4 is 41.5 Å². The van der Waals surface area contributed by atoms with Crippen LogP contribution in [0.25, 0.3) is 0 Å². The van der Waals surface area contributed by atoms with Crippen LogP contribution in [0.15, 0.2) is 23.2 Å². The van der Waals surface area contributed by atoms with Gasteiger partial charge in [-0.05, 0) is 37.5 Å². The Kier molecular flexibility index (Phi) is 10.6. The van der Waals surface area contributed by atoms with Crippen molar-refractivity contribution in [2.45, 2.75) is 38.0 Å². The predicted molar refractivity (Wildman–Crippen MR) is 119 cm³/mol. The van der Waals surface area contributed by atoms with E-state index in [2.05, 4.69) is 22.5 Å². The SMILES string of the molecule is CCCCNC(=NC)NCC1(c2cc(Cl)ccc2OC)CCOCC1.I. The molecule has 0 bridgehead atoms. The number of nitrogens with one attached hydrogen (secondary N) is 2. The van der Waals surface area contributed by atoms with Gasteiger partial charge in [0.1, 0.15) is 5.75 Å². The first kappa shape index (κ1) is 23.3. The van der Waals surface area contributed by atoms with E-state index in [1.807, 2.05) is 18.2 Å². The van der Waals surface area contributed by atoms with Gasteiger partial charge in [0.25, 0.3) is 0 Å². The fraction of sp³-hybridized carbons (Fsp3) is 0.632. The highest BCUT2D eigenvalue weighted by atomic mass is 127. The molecule has 1 aliphatic rings. The molecule has 0 radical (unpaired) electrons. The minimum absolute atomic E-state index is 0. The van der Waals surface area contributed by atoms with Crippen LogP contribution in [-0.2, 0) is 10.2 Å². The minimum Gasteiger partial charge on any atom is -0.496 e. The molecule has 0 aromatic heterocycles. The number of hydrogen-bond acceptors (Lipinski definition) is 3. The van der Waals surface area contributed by atoms with Crippen molar-refractivity contribution in [3.63, 3.8) is 0 Å². The number of nitrogens with zero attached hydrogens (tertiary/aromatic N) is 1. The van der Waals surface area contributed by atoms with Crippen molar-refractivity contribution < 1.29 is 9.47 Å². The molecule has 1 heterocycles. The first-order chi connectivity index (χ1) is 12.1. The molecule has 0 spiro atoms. The molecule has 0 unspecified atom stereocenters. The number of benzene rings is 1. The highest BCUT2D eigenvalue weighted by molar-refractivity contribution is 14.0. The second-order valence-electron chi connectivity index (χ2n) is 6.44. The molecule has 0 atom stereocenters. The monoisotopic (exact) mass is 495 g/mol. The Labute approximate surface area is 179 Å². The summed E-state index contributed by atoms with van der Waals surface area (Å²) in [6.45, 7) is 5.34. The lowest BCUT2D eigenvalue weighted by Crippen LogP contribution is -2.48. The molecule has 1 saturated heterocycles. The quantitative estimate of drug-likeness (QED) is 0.260. The average Bonchev–Trinajstić information content (AvgIpc) is 2.65. The predicted octanol–water partition coefficient (Wildman–Crippen LogP) is 3.98. The molecule has 0 saturated carbocycles. The van der Waals surface area contributed by atoms with Crippen molar-refractivity contribution in [2.24, 2.45) is 4.99 Å². The Balaban J connectivity index is 0.00000338. The number of methoxy groups -OCH3 is 1. The summed E-state index contributed by atoms with van der Waals surface area (Å²) in [5.74, 6) is 1.71. The van der Waals surface area contributed by atoms with Gasteiger partial charge in [-0.3, -0.25) is 4.99 Å². The molecule has 2 N–H and O–H groups in total. The number of guanidine groups is 1. The van der Waals surface area contributed by atoms with Crippen LogP contribution in [0.5, 0.6) is 5.75 Å². The van der Waals surface area contributed by atoms with Gasteiger partial charge in [-0.25, -0.2) is 0 Å². The lowest BCUT2D eigenvalue weighted by molar-refractivity contribution is 0.0505. The van der Waals surface area contributed by atoms with Gasteiger partial charge < -0.3 is 20.1 Å². The van der Waals surface area contributed by atoms with Gasteiger partial charge in [0.2, 0.25) is 0 Å². The van der Waals surface area contributed by atoms with E-state index in [4.69, 9.17) is 21.1 Å². The standard InChI is InChI=1S/C19H30ClN3O2.HI/c1-4-5-10-22-18(21-2)23-14-19(8-11-25-12-9-19)16-13-15(20)6-7-17(16)24-3;/h6-7,13H,4-5,8-12,14H2,1-3H3,(H2,21,22,23);1H. The molecule has 2 rings (SSSR count). The zero-order chi connectivity index (χ0) is 18.1. The van der Waals surface area contributed by atoms with Gasteiger partial charge in [0, 0.05) is 49.4 Å². The van der Waals surface area contributed by atoms with E-state index in [1.54, 1.807) is 14.2 Å². The largest absolute Gasteiger partial charge is 0.496 e. The van der Waals surface area contributed by atoms with Crippen LogP contribution in [0, 0.1) is 0 Å². The molecule has 1 aliphatic heterocycles. The Morgan fingerprint density at radius 1 is 1.31 bits per heavy atom. The number of aliphatic imine (C=N–C) groups is 1. The number of halogens is 2. The third kappa shape index (κ3) is 6.16. The lowest BCUT2D eigenvalue weighted by Gasteiger charge is -2.39. The van der Waals surface area contributed by atoms with Crippen molar-refractivity contribution in [3.05, 3.63) is 28.8 Å². The fourth-order valence-corrected chi connectivity index (χ4v) is 3.43. The van der Waals surface area contributed by atoms with Crippen molar-refractivity contribution in [2.75, 3.05) is 40.5 Å². The van der Waals surface area contributed by atoms with Crippen LogP contribution in [0.2, 0.25) is 5.02 Å². The molecule has 26 heavy (non-hydrogen) atoms. The highest BCUT2D eigenvalue weighted by Crippen LogP contribution is 2.40. The Morgan fingerprint density at radius 2 is 2.04 bits per heavy atom. The van der Waals surface area contributed by atoms with Crippen LogP contribution >= 0.6 is 35.6 Å². The van der Waals surface area contributed by atoms with E-state index in [-0.39, 0.29) is 29.4 Å². The van der Waals surface area contributed by atoms with Crippen LogP contribution in [-0.4, -0.2) is 46.4 Å². The zero-order valence-electron chi connectivity index (χ0n) is 15.9. The maximum Gasteiger partial charge on any atom is 0.191 e. The van der Waals surface area contributed by atoms with E-state index in [0.717, 1.165) is 74.3 Å². The third-order valence-corrected chi connectivity index (χ3v) is 5.06. The summed E-state index contributed by atoms with van der Waals surface area (Å²) < 4.78 is 11.2. The second-order valence-corrected chi connectivity index (χ2v) is 6.88. The summed E-state index contributed by atoms with van der Waals surface area (Å²) in [5.41, 5.74) is 1.05.